The fourth-order valence-corrected chi connectivity index (χ4v) is 4.99. The second-order valence-corrected chi connectivity index (χ2v) is 8.42. The molecule has 2 N–H and O–H groups in total. The highest BCUT2D eigenvalue weighted by Gasteiger charge is 2.41. The zero-order chi connectivity index (χ0) is 20.2. The van der Waals surface area contributed by atoms with Crippen molar-refractivity contribution in [1.29, 1.82) is 0 Å². The minimum Gasteiger partial charge on any atom is -0.357 e. The van der Waals surface area contributed by atoms with Gasteiger partial charge in [-0.3, -0.25) is 4.90 Å². The highest BCUT2D eigenvalue weighted by Crippen LogP contribution is 2.40. The number of benzene rings is 2. The van der Waals surface area contributed by atoms with E-state index < -0.39 is 17.5 Å². The van der Waals surface area contributed by atoms with Crippen molar-refractivity contribution in [3.63, 3.8) is 0 Å². The number of aromatic amines is 1. The van der Waals surface area contributed by atoms with Gasteiger partial charge < -0.3 is 10.3 Å². The molecule has 0 atom stereocenters. The Morgan fingerprint density at radius 2 is 1.76 bits per heavy atom. The molecular formula is C23H24F3N3. The topological polar surface area (TPSA) is 31.1 Å². The van der Waals surface area contributed by atoms with Crippen LogP contribution in [0.25, 0.3) is 10.9 Å². The Kier molecular flexibility index (Phi) is 4.44. The van der Waals surface area contributed by atoms with Gasteiger partial charge in [-0.15, -0.1) is 0 Å². The molecule has 5 rings (SSSR count). The van der Waals surface area contributed by atoms with E-state index in [1.54, 1.807) is 0 Å². The van der Waals surface area contributed by atoms with Crippen molar-refractivity contribution in [3.05, 3.63) is 70.2 Å². The molecular weight excluding hydrogens is 375 g/mol. The van der Waals surface area contributed by atoms with Crippen molar-refractivity contribution in [2.24, 2.45) is 0 Å². The van der Waals surface area contributed by atoms with Gasteiger partial charge in [-0.05, 0) is 49.9 Å². The Hall–Kier alpha value is -2.31. The number of likely N-dealkylation sites (tertiary alicyclic amines) is 1. The van der Waals surface area contributed by atoms with Crippen LogP contribution in [0.4, 0.5) is 13.2 Å². The van der Waals surface area contributed by atoms with E-state index in [1.807, 2.05) is 0 Å². The predicted molar refractivity (Wildman–Crippen MR) is 107 cm³/mol. The molecule has 3 aromatic rings. The van der Waals surface area contributed by atoms with Crippen LogP contribution in [-0.4, -0.2) is 29.5 Å². The third kappa shape index (κ3) is 3.15. The quantitative estimate of drug-likeness (QED) is 0.621. The number of aromatic nitrogens is 1. The summed E-state index contributed by atoms with van der Waals surface area (Å²) >= 11 is 0. The zero-order valence-corrected chi connectivity index (χ0v) is 16.4. The van der Waals surface area contributed by atoms with Gasteiger partial charge in [-0.25, -0.2) is 13.2 Å². The molecule has 2 aromatic carbocycles. The van der Waals surface area contributed by atoms with Crippen LogP contribution in [-0.2, 0) is 18.5 Å². The van der Waals surface area contributed by atoms with Crippen molar-refractivity contribution >= 4 is 10.9 Å². The van der Waals surface area contributed by atoms with Crippen LogP contribution in [0, 0.1) is 24.4 Å². The van der Waals surface area contributed by atoms with E-state index in [0.29, 0.717) is 6.07 Å². The number of nitrogens with one attached hydrogen (secondary N) is 2. The van der Waals surface area contributed by atoms with Gasteiger partial charge in [0.2, 0.25) is 0 Å². The van der Waals surface area contributed by atoms with Crippen LogP contribution in [0.1, 0.15) is 35.2 Å². The molecule has 152 valence electrons. The maximum atomic E-state index is 14.0. The van der Waals surface area contributed by atoms with E-state index in [2.05, 4.69) is 40.3 Å². The van der Waals surface area contributed by atoms with Crippen molar-refractivity contribution in [1.82, 2.24) is 15.2 Å². The van der Waals surface area contributed by atoms with Crippen molar-refractivity contribution < 1.29 is 13.2 Å². The SMILES string of the molecule is Cc1ccc2[nH]c3c(c2c1)CCNC31CCN(Cc2cc(F)c(F)cc2F)CC1. The number of H-pyrrole nitrogens is 1. The monoisotopic (exact) mass is 399 g/mol. The van der Waals surface area contributed by atoms with Crippen molar-refractivity contribution in [2.75, 3.05) is 19.6 Å². The summed E-state index contributed by atoms with van der Waals surface area (Å²) in [7, 11) is 0. The van der Waals surface area contributed by atoms with Crippen LogP contribution in [0.5, 0.6) is 0 Å². The number of hydrogen-bond donors (Lipinski definition) is 2. The lowest BCUT2D eigenvalue weighted by atomic mass is 9.79. The molecule has 3 heterocycles. The summed E-state index contributed by atoms with van der Waals surface area (Å²) in [4.78, 5) is 5.77. The van der Waals surface area contributed by atoms with Gasteiger partial charge in [0.05, 0.1) is 5.54 Å². The maximum absolute atomic E-state index is 14.0. The Balaban J connectivity index is 1.38. The number of aryl methyl sites for hydroxylation is 1. The van der Waals surface area contributed by atoms with Gasteiger partial charge in [0.15, 0.2) is 11.6 Å². The van der Waals surface area contributed by atoms with Crippen LogP contribution in [0.2, 0.25) is 0 Å². The van der Waals surface area contributed by atoms with Gasteiger partial charge >= 0.3 is 0 Å². The molecule has 0 radical (unpaired) electrons. The van der Waals surface area contributed by atoms with E-state index in [0.717, 1.165) is 45.0 Å². The number of rotatable bonds is 2. The second kappa shape index (κ2) is 6.89. The average molecular weight is 399 g/mol. The van der Waals surface area contributed by atoms with Crippen molar-refractivity contribution in [2.45, 2.75) is 38.3 Å². The minimum absolute atomic E-state index is 0.108. The summed E-state index contributed by atoms with van der Waals surface area (Å²) in [6, 6.07) is 8.15. The number of fused-ring (bicyclic) bond motifs is 4. The average Bonchev–Trinajstić information content (AvgIpc) is 3.07. The van der Waals surface area contributed by atoms with Gasteiger partial charge in [0.25, 0.3) is 0 Å². The molecule has 3 nitrogen and oxygen atoms in total. The summed E-state index contributed by atoms with van der Waals surface area (Å²) in [6.45, 7) is 4.87. The molecule has 1 saturated heterocycles. The Morgan fingerprint density at radius 3 is 2.55 bits per heavy atom. The van der Waals surface area contributed by atoms with Gasteiger partial charge in [-0.1, -0.05) is 11.6 Å². The van der Waals surface area contributed by atoms with Crippen LogP contribution >= 0.6 is 0 Å². The highest BCUT2D eigenvalue weighted by molar-refractivity contribution is 5.86. The Morgan fingerprint density at radius 1 is 1.00 bits per heavy atom. The summed E-state index contributed by atoms with van der Waals surface area (Å²) in [6.07, 6.45) is 2.78. The molecule has 1 fully saturated rings. The van der Waals surface area contributed by atoms with Crippen LogP contribution in [0.15, 0.2) is 30.3 Å². The van der Waals surface area contributed by atoms with E-state index in [9.17, 15) is 13.2 Å². The zero-order valence-electron chi connectivity index (χ0n) is 16.4. The normalized spacial score (nSPS) is 19.0. The fourth-order valence-electron chi connectivity index (χ4n) is 4.99. The van der Waals surface area contributed by atoms with E-state index >= 15 is 0 Å². The Bertz CT molecular complexity index is 1080. The molecule has 0 unspecified atom stereocenters. The molecule has 29 heavy (non-hydrogen) atoms. The van der Waals surface area contributed by atoms with Gasteiger partial charge in [0.1, 0.15) is 5.82 Å². The molecule has 0 amide bonds. The van der Waals surface area contributed by atoms with Crippen molar-refractivity contribution in [3.8, 4) is 0 Å². The van der Waals surface area contributed by atoms with Crippen LogP contribution < -0.4 is 5.32 Å². The molecule has 6 heteroatoms. The first-order valence-electron chi connectivity index (χ1n) is 10.2. The smallest absolute Gasteiger partial charge is 0.161 e. The third-order valence-electron chi connectivity index (χ3n) is 6.57. The summed E-state index contributed by atoms with van der Waals surface area (Å²) < 4.78 is 40.7. The summed E-state index contributed by atoms with van der Waals surface area (Å²) in [5.74, 6) is -2.83. The first kappa shape index (κ1) is 18.7. The van der Waals surface area contributed by atoms with Crippen LogP contribution in [0.3, 0.4) is 0 Å². The van der Waals surface area contributed by atoms with E-state index in [1.165, 1.54) is 27.7 Å². The number of hydrogen-bond acceptors (Lipinski definition) is 2. The molecule has 2 aliphatic rings. The van der Waals surface area contributed by atoms with Gasteiger partial charge in [-0.2, -0.15) is 0 Å². The lowest BCUT2D eigenvalue weighted by Crippen LogP contribution is -2.54. The number of halogens is 3. The molecule has 0 saturated carbocycles. The third-order valence-corrected chi connectivity index (χ3v) is 6.57. The minimum atomic E-state index is -1.14. The lowest BCUT2D eigenvalue weighted by molar-refractivity contribution is 0.120. The summed E-state index contributed by atoms with van der Waals surface area (Å²) in [5, 5.41) is 5.05. The predicted octanol–water partition coefficient (Wildman–Crippen LogP) is 4.53. The first-order chi connectivity index (χ1) is 13.9. The molecule has 0 aliphatic carbocycles. The second-order valence-electron chi connectivity index (χ2n) is 8.42. The highest BCUT2D eigenvalue weighted by atomic mass is 19.2. The maximum Gasteiger partial charge on any atom is 0.161 e. The lowest BCUT2D eigenvalue weighted by Gasteiger charge is -2.45. The number of nitrogens with zero attached hydrogens (tertiary/aromatic N) is 1. The standard InChI is InChI=1S/C23H24F3N3/c1-14-2-3-21-17(10-14)16-4-7-27-23(22(16)28-21)5-8-29(9-6-23)13-15-11-19(25)20(26)12-18(15)24/h2-3,10-12,27-28H,4-9,13H2,1H3. The molecule has 0 bridgehead atoms. The molecule has 1 spiro atoms. The summed E-state index contributed by atoms with van der Waals surface area (Å²) in [5.41, 5.74) is 5.22. The van der Waals surface area contributed by atoms with E-state index in [-0.39, 0.29) is 17.6 Å². The first-order valence-corrected chi connectivity index (χ1v) is 10.2. The number of piperidine rings is 1. The molecule has 1 aromatic heterocycles. The molecule has 2 aliphatic heterocycles. The van der Waals surface area contributed by atoms with Gasteiger partial charge in [0, 0.05) is 54.4 Å². The van der Waals surface area contributed by atoms with E-state index in [4.69, 9.17) is 0 Å². The fraction of sp³-hybridized carbons (Fsp3) is 0.391. The largest absolute Gasteiger partial charge is 0.357 e. The Labute approximate surface area is 167 Å².